The van der Waals surface area contributed by atoms with Crippen LogP contribution in [-0.4, -0.2) is 17.8 Å². The fourth-order valence-electron chi connectivity index (χ4n) is 0.975. The Morgan fingerprint density at radius 2 is 2.27 bits per heavy atom. The quantitative estimate of drug-likeness (QED) is 0.838. The molecule has 0 aliphatic heterocycles. The fourth-order valence-corrected chi connectivity index (χ4v) is 2.54. The smallest absolute Gasteiger partial charge is 0.253 e. The first-order chi connectivity index (χ1) is 7.00. The average Bonchev–Trinajstić information content (AvgIpc) is 2.44. The van der Waals surface area contributed by atoms with Gasteiger partial charge in [-0.15, -0.1) is 22.9 Å². The summed E-state index contributed by atoms with van der Waals surface area (Å²) < 4.78 is 0.923. The molecule has 0 aromatic carbocycles. The molecule has 0 spiro atoms. The van der Waals surface area contributed by atoms with Gasteiger partial charge in [0.2, 0.25) is 0 Å². The molecule has 0 aliphatic carbocycles. The summed E-state index contributed by atoms with van der Waals surface area (Å²) in [4.78, 5) is 11.6. The average molecular weight is 287 g/mol. The molecule has 1 atom stereocenters. The van der Waals surface area contributed by atoms with Gasteiger partial charge in [-0.3, -0.25) is 4.79 Å². The molecule has 1 rings (SSSR count). The predicted octanol–water partition coefficient (Wildman–Crippen LogP) is 3.80. The van der Waals surface area contributed by atoms with Crippen LogP contribution in [0.5, 0.6) is 0 Å². The van der Waals surface area contributed by atoms with Crippen LogP contribution >= 0.6 is 46.1 Å². The van der Waals surface area contributed by atoms with E-state index in [1.807, 2.05) is 6.92 Å². The molecule has 0 bridgehead atoms. The van der Waals surface area contributed by atoms with E-state index in [4.69, 9.17) is 34.8 Å². The predicted molar refractivity (Wildman–Crippen MR) is 66.6 cm³/mol. The highest BCUT2D eigenvalue weighted by molar-refractivity contribution is 7.20. The number of carbonyl (C=O) groups is 1. The summed E-state index contributed by atoms with van der Waals surface area (Å²) in [5.74, 6) is -0.208. The molecule has 1 N–H and O–H groups in total. The zero-order chi connectivity index (χ0) is 11.4. The monoisotopic (exact) mass is 285 g/mol. The SMILES string of the molecule is CC(Cl)CCNC(=O)c1cc(Cl)sc1Cl. The first-order valence-electron chi connectivity index (χ1n) is 4.38. The molecule has 0 saturated carbocycles. The molecule has 84 valence electrons. The molecule has 1 amide bonds. The van der Waals surface area contributed by atoms with Gasteiger partial charge in [-0.05, 0) is 19.4 Å². The van der Waals surface area contributed by atoms with Crippen molar-refractivity contribution in [3.8, 4) is 0 Å². The Labute approximate surface area is 108 Å². The maximum Gasteiger partial charge on any atom is 0.253 e. The maximum absolute atomic E-state index is 11.6. The Balaban J connectivity index is 2.50. The number of alkyl halides is 1. The Hall–Kier alpha value is 0.0400. The first-order valence-corrected chi connectivity index (χ1v) is 6.38. The van der Waals surface area contributed by atoms with E-state index >= 15 is 0 Å². The van der Waals surface area contributed by atoms with Gasteiger partial charge in [-0.2, -0.15) is 0 Å². The molecule has 1 aromatic heterocycles. The lowest BCUT2D eigenvalue weighted by molar-refractivity contribution is 0.0954. The van der Waals surface area contributed by atoms with Crippen molar-refractivity contribution < 1.29 is 4.79 Å². The van der Waals surface area contributed by atoms with E-state index in [0.29, 0.717) is 20.8 Å². The van der Waals surface area contributed by atoms with Gasteiger partial charge in [0.05, 0.1) is 9.90 Å². The van der Waals surface area contributed by atoms with Crippen LogP contribution in [0.25, 0.3) is 0 Å². The molecule has 0 saturated heterocycles. The lowest BCUT2D eigenvalue weighted by atomic mass is 10.3. The van der Waals surface area contributed by atoms with E-state index in [0.717, 1.165) is 6.42 Å². The third-order valence-electron chi connectivity index (χ3n) is 1.73. The number of carbonyl (C=O) groups excluding carboxylic acids is 1. The summed E-state index contributed by atoms with van der Waals surface area (Å²) in [6, 6.07) is 1.56. The van der Waals surface area contributed by atoms with Crippen LogP contribution in [0.4, 0.5) is 0 Å². The second-order valence-electron chi connectivity index (χ2n) is 3.06. The molecule has 1 heterocycles. The van der Waals surface area contributed by atoms with E-state index in [-0.39, 0.29) is 11.3 Å². The molecule has 0 fully saturated rings. The van der Waals surface area contributed by atoms with E-state index in [1.54, 1.807) is 6.07 Å². The van der Waals surface area contributed by atoms with Gasteiger partial charge in [-0.25, -0.2) is 0 Å². The number of hydrogen-bond acceptors (Lipinski definition) is 2. The second-order valence-corrected chi connectivity index (χ2v) is 6.09. The molecule has 0 radical (unpaired) electrons. The van der Waals surface area contributed by atoms with Crippen LogP contribution in [0, 0.1) is 0 Å². The Morgan fingerprint density at radius 3 is 2.73 bits per heavy atom. The van der Waals surface area contributed by atoms with Gasteiger partial charge in [0.1, 0.15) is 4.34 Å². The lowest BCUT2D eigenvalue weighted by Crippen LogP contribution is -2.25. The van der Waals surface area contributed by atoms with Gasteiger partial charge < -0.3 is 5.32 Å². The minimum atomic E-state index is -0.208. The normalized spacial score (nSPS) is 12.5. The summed E-state index contributed by atoms with van der Waals surface area (Å²) in [6.07, 6.45) is 0.725. The topological polar surface area (TPSA) is 29.1 Å². The van der Waals surface area contributed by atoms with Crippen molar-refractivity contribution in [2.24, 2.45) is 0 Å². The van der Waals surface area contributed by atoms with Crippen LogP contribution in [-0.2, 0) is 0 Å². The molecule has 1 unspecified atom stereocenters. The number of thiophene rings is 1. The Bertz CT molecular complexity index is 351. The van der Waals surface area contributed by atoms with Crippen LogP contribution in [0.1, 0.15) is 23.7 Å². The van der Waals surface area contributed by atoms with Crippen molar-refractivity contribution in [1.29, 1.82) is 0 Å². The Morgan fingerprint density at radius 1 is 1.60 bits per heavy atom. The van der Waals surface area contributed by atoms with E-state index < -0.39 is 0 Å². The van der Waals surface area contributed by atoms with E-state index in [2.05, 4.69) is 5.32 Å². The summed E-state index contributed by atoms with van der Waals surface area (Å²) in [6.45, 7) is 2.41. The zero-order valence-electron chi connectivity index (χ0n) is 8.02. The first kappa shape index (κ1) is 13.1. The highest BCUT2D eigenvalue weighted by Crippen LogP contribution is 2.30. The van der Waals surface area contributed by atoms with Crippen molar-refractivity contribution in [3.63, 3.8) is 0 Å². The molecule has 6 heteroatoms. The number of rotatable bonds is 4. The van der Waals surface area contributed by atoms with Gasteiger partial charge >= 0.3 is 0 Å². The van der Waals surface area contributed by atoms with Crippen molar-refractivity contribution in [1.82, 2.24) is 5.32 Å². The van der Waals surface area contributed by atoms with E-state index in [1.165, 1.54) is 11.3 Å². The largest absolute Gasteiger partial charge is 0.352 e. The van der Waals surface area contributed by atoms with Crippen molar-refractivity contribution in [2.45, 2.75) is 18.7 Å². The molecule has 1 aromatic rings. The molecular weight excluding hydrogens is 277 g/mol. The van der Waals surface area contributed by atoms with Crippen molar-refractivity contribution in [2.75, 3.05) is 6.54 Å². The number of hydrogen-bond donors (Lipinski definition) is 1. The third-order valence-corrected chi connectivity index (χ3v) is 3.43. The van der Waals surface area contributed by atoms with Crippen LogP contribution < -0.4 is 5.32 Å². The van der Waals surface area contributed by atoms with Gasteiger partial charge in [0.15, 0.2) is 0 Å². The van der Waals surface area contributed by atoms with Gasteiger partial charge in [-0.1, -0.05) is 23.2 Å². The zero-order valence-corrected chi connectivity index (χ0v) is 11.1. The van der Waals surface area contributed by atoms with Crippen molar-refractivity contribution in [3.05, 3.63) is 20.3 Å². The summed E-state index contributed by atoms with van der Waals surface area (Å²) in [5.41, 5.74) is 0.425. The summed E-state index contributed by atoms with van der Waals surface area (Å²) >= 11 is 18.5. The Kier molecular flexibility index (Phi) is 5.19. The highest BCUT2D eigenvalue weighted by Gasteiger charge is 2.13. The second kappa shape index (κ2) is 5.94. The standard InChI is InChI=1S/C9H10Cl3NOS/c1-5(10)2-3-13-9(14)6-4-7(11)15-8(6)12/h4-5H,2-3H2,1H3,(H,13,14). The molecule has 2 nitrogen and oxygen atoms in total. The number of nitrogens with one attached hydrogen (secondary N) is 1. The van der Waals surface area contributed by atoms with Crippen LogP contribution in [0.2, 0.25) is 8.67 Å². The molecule has 0 aliphatic rings. The van der Waals surface area contributed by atoms with E-state index in [9.17, 15) is 4.79 Å². The number of amides is 1. The summed E-state index contributed by atoms with van der Waals surface area (Å²) in [7, 11) is 0. The minimum Gasteiger partial charge on any atom is -0.352 e. The van der Waals surface area contributed by atoms with Gasteiger partial charge in [0, 0.05) is 11.9 Å². The molecule has 15 heavy (non-hydrogen) atoms. The summed E-state index contributed by atoms with van der Waals surface area (Å²) in [5, 5.41) is 2.77. The van der Waals surface area contributed by atoms with Crippen LogP contribution in [0.3, 0.4) is 0 Å². The molecular formula is C9H10Cl3NOS. The number of halogens is 3. The lowest BCUT2D eigenvalue weighted by Gasteiger charge is -2.04. The fraction of sp³-hybridized carbons (Fsp3) is 0.444. The third kappa shape index (κ3) is 4.19. The van der Waals surface area contributed by atoms with Crippen LogP contribution in [0.15, 0.2) is 6.07 Å². The maximum atomic E-state index is 11.6. The van der Waals surface area contributed by atoms with Crippen molar-refractivity contribution >= 4 is 52.0 Å². The van der Waals surface area contributed by atoms with Gasteiger partial charge in [0.25, 0.3) is 5.91 Å². The highest BCUT2D eigenvalue weighted by atomic mass is 35.5. The minimum absolute atomic E-state index is 0.0480.